The van der Waals surface area contributed by atoms with Gasteiger partial charge in [-0.2, -0.15) is 0 Å². The Morgan fingerprint density at radius 3 is 0.784 bits per heavy atom. The van der Waals surface area contributed by atoms with Crippen LogP contribution in [-0.2, 0) is 30.8 Å². The van der Waals surface area contributed by atoms with Crippen molar-refractivity contribution in [1.82, 2.24) is 0 Å². The third-order valence-electron chi connectivity index (χ3n) is 19.5. The van der Waals surface area contributed by atoms with Gasteiger partial charge in [0.05, 0.1) is 0 Å². The molecule has 3 heteroatoms. The number of allylic oxidation sites excluding steroid dienone is 2. The summed E-state index contributed by atoms with van der Waals surface area (Å²) >= 11 is 1.07. The first-order valence-electron chi connectivity index (χ1n) is 40.1. The van der Waals surface area contributed by atoms with Crippen molar-refractivity contribution in [3.8, 4) is 0 Å². The van der Waals surface area contributed by atoms with Crippen molar-refractivity contribution in [3.05, 3.63) is 87.5 Å². The van der Waals surface area contributed by atoms with Gasteiger partial charge in [-0.15, -0.1) is 0 Å². The summed E-state index contributed by atoms with van der Waals surface area (Å²) in [7, 11) is 0. The van der Waals surface area contributed by atoms with E-state index in [4.69, 9.17) is 0 Å². The molecule has 0 fully saturated rings. The molecule has 0 unspecified atom stereocenters. The molecule has 1 heterocycles. The molecule has 512 valence electrons. The average Bonchev–Trinajstić information content (AvgIpc) is 2.29. The van der Waals surface area contributed by atoms with Crippen molar-refractivity contribution in [2.45, 2.75) is 443 Å². The molecular formula is C85H152N2Pd. The summed E-state index contributed by atoms with van der Waals surface area (Å²) in [6, 6.07) is 18.2. The van der Waals surface area contributed by atoms with E-state index >= 15 is 0 Å². The summed E-state index contributed by atoms with van der Waals surface area (Å²) < 4.78 is 1.55. The Bertz CT molecular complexity index is 1870. The summed E-state index contributed by atoms with van der Waals surface area (Å²) in [5.74, 6) is 0. The Kier molecular flexibility index (Phi) is 59.8. The van der Waals surface area contributed by atoms with Crippen molar-refractivity contribution in [2.24, 2.45) is 0 Å². The predicted molar refractivity (Wildman–Crippen MR) is 394 cm³/mol. The molecule has 0 radical (unpaired) electrons. The van der Waals surface area contributed by atoms with Crippen LogP contribution in [-0.4, -0.2) is 4.70 Å². The van der Waals surface area contributed by atoms with E-state index in [0.717, 1.165) is 72.6 Å². The maximum atomic E-state index is 12.0. The molecule has 3 rings (SSSR count). The zero-order chi connectivity index (χ0) is 63.1. The van der Waals surface area contributed by atoms with Gasteiger partial charge in [0.15, 0.2) is 0 Å². The van der Waals surface area contributed by atoms with Crippen LogP contribution in [0.15, 0.2) is 59.7 Å². The van der Waals surface area contributed by atoms with Gasteiger partial charge in [-0.1, -0.05) is 321 Å². The number of aryl methyl sites for hydroxylation is 2. The fraction of sp³-hybridized carbons (Fsp3) is 0.812. The first kappa shape index (κ1) is 82.3. The SMILES string of the molecule is CCCCCCCCCCCCCCCCCCCCCCCCc1cccc(C2=C(C)C(CCCC)=C(c3cccc(CCCCCCCCCCCCCCCCCCCCCCCC)c3)[N+]2=[N-])c1.CCCCCCC[CH2][Pd][CH2]CCCCCCC. The molecule has 0 bridgehead atoms. The van der Waals surface area contributed by atoms with Gasteiger partial charge in [0.2, 0.25) is 11.4 Å². The van der Waals surface area contributed by atoms with E-state index in [-0.39, 0.29) is 0 Å². The number of rotatable bonds is 65. The monoisotopic (exact) mass is 1310 g/mol. The zero-order valence-electron chi connectivity index (χ0n) is 60.4. The van der Waals surface area contributed by atoms with Crippen molar-refractivity contribution in [3.63, 3.8) is 0 Å². The molecule has 0 N–H and O–H groups in total. The second kappa shape index (κ2) is 63.9. The van der Waals surface area contributed by atoms with Gasteiger partial charge >= 0.3 is 119 Å². The molecule has 0 amide bonds. The minimum absolute atomic E-state index is 0.979. The Morgan fingerprint density at radius 1 is 0.273 bits per heavy atom. The molecule has 1 aliphatic rings. The molecule has 1 aliphatic heterocycles. The summed E-state index contributed by atoms with van der Waals surface area (Å²) in [4.78, 5) is 3.07. The van der Waals surface area contributed by atoms with Gasteiger partial charge < -0.3 is 5.53 Å². The second-order valence-electron chi connectivity index (χ2n) is 28.0. The van der Waals surface area contributed by atoms with Crippen LogP contribution in [0.3, 0.4) is 0 Å². The molecule has 0 aliphatic carbocycles. The fourth-order valence-electron chi connectivity index (χ4n) is 13.6. The van der Waals surface area contributed by atoms with Crippen LogP contribution in [0, 0.1) is 0 Å². The molecule has 2 aromatic carbocycles. The number of hydrogen-bond acceptors (Lipinski definition) is 0. The Hall–Kier alpha value is -1.82. The van der Waals surface area contributed by atoms with Crippen LogP contribution in [0.25, 0.3) is 16.9 Å². The first-order chi connectivity index (χ1) is 43.5. The summed E-state index contributed by atoms with van der Waals surface area (Å²) in [5, 5.41) is 0. The molecule has 88 heavy (non-hydrogen) atoms. The predicted octanol–water partition coefficient (Wildman–Crippen LogP) is 31.0. The van der Waals surface area contributed by atoms with Gasteiger partial charge in [-0.3, -0.25) is 0 Å². The van der Waals surface area contributed by atoms with E-state index < -0.39 is 0 Å². The third-order valence-corrected chi connectivity index (χ3v) is 21.7. The van der Waals surface area contributed by atoms with Gasteiger partial charge in [0.1, 0.15) is 0 Å². The maximum absolute atomic E-state index is 12.0. The van der Waals surface area contributed by atoms with Crippen LogP contribution in [0.5, 0.6) is 0 Å². The Labute approximate surface area is 560 Å². The normalized spacial score (nSPS) is 12.6. The average molecular weight is 1310 g/mol. The van der Waals surface area contributed by atoms with E-state index in [9.17, 15) is 5.53 Å². The number of unbranched alkanes of at least 4 members (excludes halogenated alkanes) is 53. The number of nitrogens with zero attached hydrogens (tertiary/aromatic N) is 2. The molecular weight excluding hydrogens is 1160 g/mol. The quantitative estimate of drug-likeness (QED) is 0.0358. The third kappa shape index (κ3) is 46.3. The summed E-state index contributed by atoms with van der Waals surface area (Å²) in [6.07, 6.45) is 85.8. The van der Waals surface area contributed by atoms with E-state index in [0.29, 0.717) is 0 Å². The molecule has 0 saturated heterocycles. The minimum atomic E-state index is 0.979. The molecule has 0 spiro atoms. The van der Waals surface area contributed by atoms with Gasteiger partial charge in [0.25, 0.3) is 0 Å². The van der Waals surface area contributed by atoms with E-state index in [1.807, 2.05) is 0 Å². The summed E-state index contributed by atoms with van der Waals surface area (Å²) in [5.41, 5.74) is 21.7. The summed E-state index contributed by atoms with van der Waals surface area (Å²) in [6.45, 7) is 13.7. The van der Waals surface area contributed by atoms with Crippen LogP contribution in [0.4, 0.5) is 0 Å². The zero-order valence-corrected chi connectivity index (χ0v) is 61.9. The number of hydrogen-bond donors (Lipinski definition) is 0. The molecule has 0 atom stereocenters. The van der Waals surface area contributed by atoms with Crippen molar-refractivity contribution < 1.29 is 22.7 Å². The van der Waals surface area contributed by atoms with Crippen LogP contribution in [0.1, 0.15) is 443 Å². The van der Waals surface area contributed by atoms with Crippen LogP contribution in [0.2, 0.25) is 9.79 Å². The van der Waals surface area contributed by atoms with E-state index in [2.05, 4.69) is 90.1 Å². The Morgan fingerprint density at radius 2 is 0.511 bits per heavy atom. The standard InChI is InChI=1S/C69H118N2.2C8H17.Pd/c1-5-8-11-13-15-17-19-21-23-25-27-29-31-33-35-37-39-41-43-45-47-49-53-63-55-51-57-65(60-63)68-62(4)67(59-10-7-3)69(71(68)70)66-58-52-56-64(61-66)54-50-48-46-44-42-40-38-36-34-32-30-28-26-24-22-20-18-16-14-12-9-6-2;2*1-3-5-7-8-6-4-2;/h51-52,55-58,60-61H,5-50,53-54,59H2,1-4H3;2*1,3-8H2,2H3;. The van der Waals surface area contributed by atoms with Crippen LogP contribution >= 0.6 is 0 Å². The first-order valence-corrected chi connectivity index (χ1v) is 42.3. The topological polar surface area (TPSA) is 25.3 Å². The molecule has 2 nitrogen and oxygen atoms in total. The number of benzene rings is 2. The van der Waals surface area contributed by atoms with Crippen LogP contribution < -0.4 is 0 Å². The molecule has 0 aromatic heterocycles. The van der Waals surface area contributed by atoms with Gasteiger partial charge in [0, 0.05) is 22.3 Å². The fourth-order valence-corrected chi connectivity index (χ4v) is 15.5. The van der Waals surface area contributed by atoms with E-state index in [1.165, 1.54) is 392 Å². The molecule has 0 saturated carbocycles. The van der Waals surface area contributed by atoms with Gasteiger partial charge in [-0.25, -0.2) is 4.70 Å². The van der Waals surface area contributed by atoms with Crippen molar-refractivity contribution in [2.75, 3.05) is 0 Å². The molecule has 2 aromatic rings. The van der Waals surface area contributed by atoms with Crippen molar-refractivity contribution in [1.29, 1.82) is 0 Å². The second-order valence-corrected chi connectivity index (χ2v) is 30.3. The van der Waals surface area contributed by atoms with Crippen molar-refractivity contribution >= 4 is 11.4 Å². The van der Waals surface area contributed by atoms with E-state index in [1.54, 1.807) is 4.70 Å². The van der Waals surface area contributed by atoms with Gasteiger partial charge in [-0.05, 0) is 80.8 Å². The Balaban J connectivity index is 0.00000134.